The van der Waals surface area contributed by atoms with Gasteiger partial charge < -0.3 is 25.2 Å². The molecule has 0 saturated carbocycles. The first-order valence-corrected chi connectivity index (χ1v) is 12.2. The van der Waals surface area contributed by atoms with E-state index in [4.69, 9.17) is 9.84 Å². The highest BCUT2D eigenvalue weighted by Crippen LogP contribution is 2.39. The highest BCUT2D eigenvalue weighted by Gasteiger charge is 2.40. The quantitative estimate of drug-likeness (QED) is 0.352. The molecule has 0 radical (unpaired) electrons. The van der Waals surface area contributed by atoms with Gasteiger partial charge in [0.1, 0.15) is 35.8 Å². The van der Waals surface area contributed by atoms with Crippen molar-refractivity contribution in [2.75, 3.05) is 41.4 Å². The molecule has 1 saturated heterocycles. The number of hydrogen-bond donors (Lipinski definition) is 4. The Morgan fingerprint density at radius 3 is 2.79 bits per heavy atom. The fourth-order valence-electron chi connectivity index (χ4n) is 4.46. The molecule has 5 rings (SSSR count). The van der Waals surface area contributed by atoms with Crippen LogP contribution >= 0.6 is 0 Å². The van der Waals surface area contributed by atoms with E-state index in [9.17, 15) is 19.1 Å². The molecule has 4 heterocycles. The Labute approximate surface area is 217 Å². The van der Waals surface area contributed by atoms with E-state index in [2.05, 4.69) is 25.5 Å². The van der Waals surface area contributed by atoms with Crippen LogP contribution in [-0.4, -0.2) is 70.6 Å². The van der Waals surface area contributed by atoms with E-state index >= 15 is 0 Å². The van der Waals surface area contributed by atoms with Crippen LogP contribution in [0.2, 0.25) is 0 Å². The number of fused-ring (bicyclic) bond motifs is 4. The summed E-state index contributed by atoms with van der Waals surface area (Å²) in [6.45, 7) is 1.07. The van der Waals surface area contributed by atoms with Gasteiger partial charge in [-0.05, 0) is 42.3 Å². The van der Waals surface area contributed by atoms with Gasteiger partial charge in [-0.2, -0.15) is 0 Å². The van der Waals surface area contributed by atoms with Gasteiger partial charge >= 0.3 is 6.03 Å². The maximum atomic E-state index is 13.4. The molecule has 2 bridgehead atoms. The topological polar surface area (TPSA) is 140 Å². The van der Waals surface area contributed by atoms with Crippen molar-refractivity contribution >= 4 is 29.3 Å². The Balaban J connectivity index is 1.32. The second-order valence-electron chi connectivity index (χ2n) is 9.06. The standard InChI is InChI=1S/C26H27FN6O5/c27-17-3-1-16(2-4-17)12-29-25(36)21-5-6-22-24(30-21)33(18-8-10-32(22)13-18)26(37)31-23-11-20(7-9-28-23)38-15-19(35)14-34/h1-7,9,11,18-19,34-35H,8,10,12-15H2,(H,29,36)(H,28,31,37)/t18-,19?/m0/s1. The summed E-state index contributed by atoms with van der Waals surface area (Å²) in [5.74, 6) is 0.216. The fourth-order valence-corrected chi connectivity index (χ4v) is 4.46. The van der Waals surface area contributed by atoms with Crippen molar-refractivity contribution in [3.63, 3.8) is 0 Å². The van der Waals surface area contributed by atoms with E-state index in [1.807, 2.05) is 0 Å². The number of pyridine rings is 2. The number of aliphatic hydroxyl groups excluding tert-OH is 2. The van der Waals surface area contributed by atoms with Gasteiger partial charge in [-0.15, -0.1) is 0 Å². The molecule has 2 aliphatic rings. The lowest BCUT2D eigenvalue weighted by molar-refractivity contribution is 0.0536. The number of nitrogens with zero attached hydrogens (tertiary/aromatic N) is 4. The number of carbonyl (C=O) groups is 2. The van der Waals surface area contributed by atoms with Crippen molar-refractivity contribution in [3.8, 4) is 5.75 Å². The molecule has 3 amide bonds. The molecule has 12 heteroatoms. The van der Waals surface area contributed by atoms with Crippen LogP contribution in [0.5, 0.6) is 5.75 Å². The summed E-state index contributed by atoms with van der Waals surface area (Å²) in [6, 6.07) is 11.8. The van der Waals surface area contributed by atoms with Crippen molar-refractivity contribution in [2.45, 2.75) is 25.1 Å². The molecule has 4 N–H and O–H groups in total. The number of aromatic nitrogens is 2. The zero-order chi connectivity index (χ0) is 26.6. The summed E-state index contributed by atoms with van der Waals surface area (Å²) in [5.41, 5.74) is 1.65. The average molecular weight is 523 g/mol. The van der Waals surface area contributed by atoms with E-state index in [0.717, 1.165) is 24.2 Å². The molecule has 3 aromatic rings. The predicted octanol–water partition coefficient (Wildman–Crippen LogP) is 1.91. The van der Waals surface area contributed by atoms with Crippen LogP contribution < -0.4 is 25.2 Å². The fraction of sp³-hybridized carbons (Fsp3) is 0.308. The lowest BCUT2D eigenvalue weighted by Gasteiger charge is -2.35. The molecule has 2 aliphatic heterocycles. The Kier molecular flexibility index (Phi) is 7.33. The molecular weight excluding hydrogens is 495 g/mol. The highest BCUT2D eigenvalue weighted by molar-refractivity contribution is 6.05. The number of carbonyl (C=O) groups excluding carboxylic acids is 2. The summed E-state index contributed by atoms with van der Waals surface area (Å²) >= 11 is 0. The van der Waals surface area contributed by atoms with Crippen molar-refractivity contribution in [2.24, 2.45) is 0 Å². The number of urea groups is 1. The van der Waals surface area contributed by atoms with Gasteiger partial charge in [-0.25, -0.2) is 19.2 Å². The minimum Gasteiger partial charge on any atom is -0.491 e. The number of hydrogen-bond acceptors (Lipinski definition) is 8. The SMILES string of the molecule is O=C(NCc1ccc(F)cc1)c1ccc2c(n1)N(C(=O)Nc1cc(OCC(O)CO)ccn1)[C@H]1CCN2C1. The predicted molar refractivity (Wildman–Crippen MR) is 137 cm³/mol. The number of nitrogens with one attached hydrogen (secondary N) is 2. The van der Waals surface area contributed by atoms with Gasteiger partial charge in [0.05, 0.1) is 18.3 Å². The molecular formula is C26H27FN6O5. The molecule has 0 spiro atoms. The van der Waals surface area contributed by atoms with E-state index in [1.165, 1.54) is 24.4 Å². The first-order valence-electron chi connectivity index (χ1n) is 12.2. The molecule has 11 nitrogen and oxygen atoms in total. The van der Waals surface area contributed by atoms with Crippen LogP contribution in [0, 0.1) is 5.82 Å². The summed E-state index contributed by atoms with van der Waals surface area (Å²) < 4.78 is 18.6. The molecule has 1 aromatic carbocycles. The van der Waals surface area contributed by atoms with Crippen molar-refractivity contribution in [1.82, 2.24) is 15.3 Å². The maximum Gasteiger partial charge on any atom is 0.329 e. The van der Waals surface area contributed by atoms with Crippen LogP contribution in [0.3, 0.4) is 0 Å². The van der Waals surface area contributed by atoms with Gasteiger partial charge in [-0.3, -0.25) is 15.0 Å². The third kappa shape index (κ3) is 5.50. The average Bonchev–Trinajstić information content (AvgIpc) is 3.35. The first-order chi connectivity index (χ1) is 18.4. The monoisotopic (exact) mass is 522 g/mol. The van der Waals surface area contributed by atoms with Crippen LogP contribution in [0.15, 0.2) is 54.7 Å². The largest absolute Gasteiger partial charge is 0.491 e. The minimum atomic E-state index is -1.02. The van der Waals surface area contributed by atoms with Crippen molar-refractivity contribution < 1.29 is 28.9 Å². The molecule has 0 aliphatic carbocycles. The normalized spacial score (nSPS) is 16.6. The number of benzene rings is 1. The molecule has 2 aromatic heterocycles. The number of rotatable bonds is 8. The van der Waals surface area contributed by atoms with Gasteiger partial charge in [-0.1, -0.05) is 12.1 Å². The van der Waals surface area contributed by atoms with E-state index < -0.39 is 24.6 Å². The van der Waals surface area contributed by atoms with E-state index in [-0.39, 0.29) is 36.5 Å². The smallest absolute Gasteiger partial charge is 0.329 e. The number of amides is 3. The van der Waals surface area contributed by atoms with Crippen LogP contribution in [-0.2, 0) is 6.54 Å². The van der Waals surface area contributed by atoms with Gasteiger partial charge in [0.2, 0.25) is 0 Å². The van der Waals surface area contributed by atoms with Gasteiger partial charge in [0.25, 0.3) is 5.91 Å². The molecule has 38 heavy (non-hydrogen) atoms. The zero-order valence-electron chi connectivity index (χ0n) is 20.4. The van der Waals surface area contributed by atoms with E-state index in [1.54, 1.807) is 35.2 Å². The Bertz CT molecular complexity index is 1320. The van der Waals surface area contributed by atoms with Crippen LogP contribution in [0.25, 0.3) is 0 Å². The number of ether oxygens (including phenoxy) is 1. The maximum absolute atomic E-state index is 13.4. The Hall–Kier alpha value is -4.29. The Morgan fingerprint density at radius 2 is 2.00 bits per heavy atom. The van der Waals surface area contributed by atoms with Crippen LogP contribution in [0.1, 0.15) is 22.5 Å². The third-order valence-corrected chi connectivity index (χ3v) is 6.39. The second kappa shape index (κ2) is 11.0. The lowest BCUT2D eigenvalue weighted by Crippen LogP contribution is -2.48. The molecule has 198 valence electrons. The summed E-state index contributed by atoms with van der Waals surface area (Å²) in [6.07, 6.45) is 1.18. The molecule has 1 unspecified atom stereocenters. The summed E-state index contributed by atoms with van der Waals surface area (Å²) in [5, 5.41) is 24.0. The third-order valence-electron chi connectivity index (χ3n) is 6.39. The molecule has 1 fully saturated rings. The first kappa shape index (κ1) is 25.4. The second-order valence-corrected chi connectivity index (χ2v) is 9.06. The lowest BCUT2D eigenvalue weighted by atomic mass is 10.1. The summed E-state index contributed by atoms with van der Waals surface area (Å²) in [7, 11) is 0. The van der Waals surface area contributed by atoms with Crippen molar-refractivity contribution in [1.29, 1.82) is 0 Å². The van der Waals surface area contributed by atoms with E-state index in [0.29, 0.717) is 18.1 Å². The number of anilines is 3. The Morgan fingerprint density at radius 1 is 1.18 bits per heavy atom. The highest BCUT2D eigenvalue weighted by atomic mass is 19.1. The number of aliphatic hydroxyl groups is 2. The zero-order valence-corrected chi connectivity index (χ0v) is 20.4. The van der Waals surface area contributed by atoms with Gasteiger partial charge in [0, 0.05) is 31.9 Å². The van der Waals surface area contributed by atoms with Crippen LogP contribution in [0.4, 0.5) is 26.5 Å². The molecule has 2 atom stereocenters. The van der Waals surface area contributed by atoms with Gasteiger partial charge in [0.15, 0.2) is 5.82 Å². The van der Waals surface area contributed by atoms with Crippen molar-refractivity contribution in [3.05, 3.63) is 71.8 Å². The minimum absolute atomic E-state index is 0.110. The summed E-state index contributed by atoms with van der Waals surface area (Å²) in [4.78, 5) is 38.7. The number of halogens is 1.